The number of fused-ring (bicyclic) bond motifs is 2. The molecule has 2 N–H and O–H groups in total. The molecular formula is C28H26ClN3O3S. The van der Waals surface area contributed by atoms with Crippen molar-refractivity contribution in [1.29, 1.82) is 0 Å². The second-order valence-corrected chi connectivity index (χ2v) is 11.1. The lowest BCUT2D eigenvalue weighted by Gasteiger charge is -2.09. The molecule has 8 heteroatoms. The molecule has 0 saturated heterocycles. The molecule has 0 aliphatic heterocycles. The quantitative estimate of drug-likeness (QED) is 0.278. The minimum atomic E-state index is -3.96. The molecule has 1 heterocycles. The van der Waals surface area contributed by atoms with E-state index in [0.29, 0.717) is 46.6 Å². The zero-order valence-electron chi connectivity index (χ0n) is 19.8. The lowest BCUT2D eigenvalue weighted by molar-refractivity contribution is 0.301. The van der Waals surface area contributed by atoms with E-state index in [1.165, 1.54) is 0 Å². The molecule has 5 aromatic rings. The van der Waals surface area contributed by atoms with Gasteiger partial charge in [0, 0.05) is 21.8 Å². The van der Waals surface area contributed by atoms with Gasteiger partial charge in [-0.05, 0) is 60.7 Å². The Kier molecular flexibility index (Phi) is 6.71. The SMILES string of the molecule is CC(N)CCOc1ccc2c(c1)c(S(=O)(=O)c1cccc3ccccc13)nn2Cc1cccc(Cl)c1. The van der Waals surface area contributed by atoms with Crippen LogP contribution in [-0.4, -0.2) is 30.8 Å². The van der Waals surface area contributed by atoms with E-state index in [4.69, 9.17) is 22.1 Å². The van der Waals surface area contributed by atoms with E-state index in [-0.39, 0.29) is 16.0 Å². The lowest BCUT2D eigenvalue weighted by Crippen LogP contribution is -2.18. The Labute approximate surface area is 215 Å². The van der Waals surface area contributed by atoms with Crippen molar-refractivity contribution in [3.8, 4) is 5.75 Å². The van der Waals surface area contributed by atoms with Crippen LogP contribution in [0.3, 0.4) is 0 Å². The van der Waals surface area contributed by atoms with Gasteiger partial charge in [-0.1, -0.05) is 60.1 Å². The third-order valence-electron chi connectivity index (χ3n) is 6.05. The Hall–Kier alpha value is -3.39. The zero-order chi connectivity index (χ0) is 25.3. The fraction of sp³-hybridized carbons (Fsp3) is 0.179. The van der Waals surface area contributed by atoms with Crippen molar-refractivity contribution < 1.29 is 13.2 Å². The third-order valence-corrected chi connectivity index (χ3v) is 8.03. The van der Waals surface area contributed by atoms with Gasteiger partial charge in [0.1, 0.15) is 5.75 Å². The van der Waals surface area contributed by atoms with Gasteiger partial charge in [-0.15, -0.1) is 0 Å². The minimum absolute atomic E-state index is 0.00600. The topological polar surface area (TPSA) is 87.2 Å². The number of aromatic nitrogens is 2. The number of rotatable bonds is 8. The fourth-order valence-electron chi connectivity index (χ4n) is 4.24. The van der Waals surface area contributed by atoms with Gasteiger partial charge >= 0.3 is 0 Å². The molecule has 1 aromatic heterocycles. The van der Waals surface area contributed by atoms with Crippen LogP contribution < -0.4 is 10.5 Å². The number of nitrogens with two attached hydrogens (primary N) is 1. The highest BCUT2D eigenvalue weighted by Crippen LogP contribution is 2.34. The van der Waals surface area contributed by atoms with E-state index in [0.717, 1.165) is 10.9 Å². The first-order valence-electron chi connectivity index (χ1n) is 11.7. The third kappa shape index (κ3) is 4.82. The second kappa shape index (κ2) is 9.93. The molecule has 0 bridgehead atoms. The van der Waals surface area contributed by atoms with Crippen LogP contribution in [0.1, 0.15) is 18.9 Å². The van der Waals surface area contributed by atoms with E-state index in [1.54, 1.807) is 28.9 Å². The molecule has 184 valence electrons. The number of halogens is 1. The monoisotopic (exact) mass is 519 g/mol. The Balaban J connectivity index is 1.66. The van der Waals surface area contributed by atoms with Crippen molar-refractivity contribution in [1.82, 2.24) is 9.78 Å². The first-order chi connectivity index (χ1) is 17.3. The highest BCUT2D eigenvalue weighted by atomic mass is 35.5. The molecule has 0 aliphatic carbocycles. The number of sulfone groups is 1. The van der Waals surface area contributed by atoms with Gasteiger partial charge < -0.3 is 10.5 Å². The molecule has 4 aromatic carbocycles. The van der Waals surface area contributed by atoms with Crippen molar-refractivity contribution in [3.05, 3.63) is 95.5 Å². The van der Waals surface area contributed by atoms with Gasteiger partial charge in [-0.3, -0.25) is 4.68 Å². The van der Waals surface area contributed by atoms with Gasteiger partial charge in [0.05, 0.1) is 23.6 Å². The summed E-state index contributed by atoms with van der Waals surface area (Å²) in [5, 5.41) is 7.24. The summed E-state index contributed by atoms with van der Waals surface area (Å²) >= 11 is 6.18. The summed E-state index contributed by atoms with van der Waals surface area (Å²) < 4.78 is 35.7. The van der Waals surface area contributed by atoms with Crippen molar-refractivity contribution in [3.63, 3.8) is 0 Å². The molecule has 6 nitrogen and oxygen atoms in total. The number of nitrogens with zero attached hydrogens (tertiary/aromatic N) is 2. The van der Waals surface area contributed by atoms with E-state index in [9.17, 15) is 8.42 Å². The van der Waals surface area contributed by atoms with Crippen LogP contribution in [-0.2, 0) is 16.4 Å². The van der Waals surface area contributed by atoms with E-state index in [1.807, 2.05) is 67.6 Å². The van der Waals surface area contributed by atoms with Crippen molar-refractivity contribution >= 4 is 43.1 Å². The highest BCUT2D eigenvalue weighted by molar-refractivity contribution is 7.91. The minimum Gasteiger partial charge on any atom is -0.494 e. The summed E-state index contributed by atoms with van der Waals surface area (Å²) in [6, 6.07) is 25.6. The van der Waals surface area contributed by atoms with Crippen LogP contribution in [0.2, 0.25) is 5.02 Å². The fourth-order valence-corrected chi connectivity index (χ4v) is 6.06. The van der Waals surface area contributed by atoms with Crippen molar-refractivity contribution in [2.24, 2.45) is 5.73 Å². The lowest BCUT2D eigenvalue weighted by atomic mass is 10.1. The number of benzene rings is 4. The van der Waals surface area contributed by atoms with Crippen LogP contribution in [0.5, 0.6) is 5.75 Å². The van der Waals surface area contributed by atoms with E-state index >= 15 is 0 Å². The van der Waals surface area contributed by atoms with E-state index < -0.39 is 9.84 Å². The largest absolute Gasteiger partial charge is 0.494 e. The molecule has 36 heavy (non-hydrogen) atoms. The molecule has 0 radical (unpaired) electrons. The van der Waals surface area contributed by atoms with Gasteiger partial charge in [0.25, 0.3) is 0 Å². The summed E-state index contributed by atoms with van der Waals surface area (Å²) in [5.41, 5.74) is 7.45. The predicted octanol–water partition coefficient (Wildman–Crippen LogP) is 5.84. The molecule has 1 unspecified atom stereocenters. The maximum Gasteiger partial charge on any atom is 0.226 e. The summed E-state index contributed by atoms with van der Waals surface area (Å²) in [4.78, 5) is 0.221. The van der Waals surface area contributed by atoms with Crippen LogP contribution in [0.25, 0.3) is 21.7 Å². The molecule has 0 aliphatic rings. The van der Waals surface area contributed by atoms with Crippen molar-refractivity contribution in [2.75, 3.05) is 6.61 Å². The standard InChI is InChI=1S/C28H26ClN3O3S/c1-19(30)14-15-35-23-12-13-26-25(17-23)28(31-32(26)18-20-6-4-9-22(29)16-20)36(33,34)27-11-5-8-21-7-2-3-10-24(21)27/h2-13,16-17,19H,14-15,18,30H2,1H3. The van der Waals surface area contributed by atoms with Crippen LogP contribution in [0, 0.1) is 0 Å². The molecule has 1 atom stereocenters. The van der Waals surface area contributed by atoms with Gasteiger partial charge in [-0.25, -0.2) is 8.42 Å². The van der Waals surface area contributed by atoms with E-state index in [2.05, 4.69) is 5.10 Å². The molecule has 0 spiro atoms. The molecular weight excluding hydrogens is 494 g/mol. The van der Waals surface area contributed by atoms with Crippen LogP contribution in [0.15, 0.2) is 94.9 Å². The van der Waals surface area contributed by atoms with Gasteiger partial charge in [-0.2, -0.15) is 5.10 Å². The highest BCUT2D eigenvalue weighted by Gasteiger charge is 2.27. The average Bonchev–Trinajstić information content (AvgIpc) is 3.22. The number of ether oxygens (including phenoxy) is 1. The first kappa shape index (κ1) is 24.3. The Morgan fingerprint density at radius 3 is 2.56 bits per heavy atom. The molecule has 5 rings (SSSR count). The number of hydrogen-bond acceptors (Lipinski definition) is 5. The molecule has 0 amide bonds. The van der Waals surface area contributed by atoms with Crippen LogP contribution >= 0.6 is 11.6 Å². The average molecular weight is 520 g/mol. The zero-order valence-corrected chi connectivity index (χ0v) is 21.3. The predicted molar refractivity (Wildman–Crippen MR) is 143 cm³/mol. The molecule has 0 saturated carbocycles. The van der Waals surface area contributed by atoms with Crippen molar-refractivity contribution in [2.45, 2.75) is 35.9 Å². The van der Waals surface area contributed by atoms with Gasteiger partial charge in [0.2, 0.25) is 9.84 Å². The summed E-state index contributed by atoms with van der Waals surface area (Å²) in [5.74, 6) is 0.569. The normalized spacial score (nSPS) is 12.8. The second-order valence-electron chi connectivity index (χ2n) is 8.87. The first-order valence-corrected chi connectivity index (χ1v) is 13.6. The maximum atomic E-state index is 14.0. The van der Waals surface area contributed by atoms with Gasteiger partial charge in [0.15, 0.2) is 5.03 Å². The summed E-state index contributed by atoms with van der Waals surface area (Å²) in [6.45, 7) is 2.72. The number of hydrogen-bond donors (Lipinski definition) is 1. The summed E-state index contributed by atoms with van der Waals surface area (Å²) in [6.07, 6.45) is 0.688. The Morgan fingerprint density at radius 2 is 1.75 bits per heavy atom. The maximum absolute atomic E-state index is 14.0. The smallest absolute Gasteiger partial charge is 0.226 e. The molecule has 0 fully saturated rings. The summed E-state index contributed by atoms with van der Waals surface area (Å²) in [7, 11) is -3.96. The Morgan fingerprint density at radius 1 is 0.972 bits per heavy atom. The Bertz CT molecular complexity index is 1660. The van der Waals surface area contributed by atoms with Crippen LogP contribution in [0.4, 0.5) is 0 Å².